The van der Waals surface area contributed by atoms with Crippen LogP contribution in [0.25, 0.3) is 0 Å². The van der Waals surface area contributed by atoms with Crippen molar-refractivity contribution in [2.75, 3.05) is 13.1 Å². The van der Waals surface area contributed by atoms with Gasteiger partial charge in [-0.05, 0) is 25.2 Å². The maximum absolute atomic E-state index is 12.2. The predicted molar refractivity (Wildman–Crippen MR) is 83.6 cm³/mol. The minimum atomic E-state index is -0.280. The van der Waals surface area contributed by atoms with Crippen LogP contribution in [0.5, 0.6) is 0 Å². The second-order valence-corrected chi connectivity index (χ2v) is 7.82. The van der Waals surface area contributed by atoms with E-state index < -0.39 is 0 Å². The van der Waals surface area contributed by atoms with Crippen LogP contribution in [0.4, 0.5) is 0 Å². The van der Waals surface area contributed by atoms with Crippen molar-refractivity contribution in [2.45, 2.75) is 78.3 Å². The van der Waals surface area contributed by atoms with Crippen molar-refractivity contribution in [3.8, 4) is 0 Å². The molecule has 1 heterocycles. The van der Waals surface area contributed by atoms with Gasteiger partial charge >= 0.3 is 0 Å². The predicted octanol–water partition coefficient (Wildman–Crippen LogP) is 3.19. The molecule has 1 amide bonds. The molecule has 0 aromatic rings. The lowest BCUT2D eigenvalue weighted by Crippen LogP contribution is -2.54. The summed E-state index contributed by atoms with van der Waals surface area (Å²) in [6, 6.07) is 1.12. The standard InChI is InChI=1S/C17H32N2O/c1-5-13-10-14(18-16(20)17(2,3)4)12-19(11-13)15-8-6-7-9-15/h13-15H,5-12H2,1-4H3,(H,18,20). The smallest absolute Gasteiger partial charge is 0.225 e. The Morgan fingerprint density at radius 1 is 1.20 bits per heavy atom. The summed E-state index contributed by atoms with van der Waals surface area (Å²) in [6.07, 6.45) is 7.87. The molecule has 1 N–H and O–H groups in total. The van der Waals surface area contributed by atoms with Crippen LogP contribution in [0.2, 0.25) is 0 Å². The van der Waals surface area contributed by atoms with Gasteiger partial charge in [0.25, 0.3) is 0 Å². The highest BCUT2D eigenvalue weighted by atomic mass is 16.2. The van der Waals surface area contributed by atoms with Crippen molar-refractivity contribution in [3.05, 3.63) is 0 Å². The van der Waals surface area contributed by atoms with Gasteiger partial charge in [-0.15, -0.1) is 0 Å². The number of nitrogens with zero attached hydrogens (tertiary/aromatic N) is 1. The van der Waals surface area contributed by atoms with Crippen LogP contribution < -0.4 is 5.32 Å². The van der Waals surface area contributed by atoms with Crippen LogP contribution in [0.3, 0.4) is 0 Å². The Hall–Kier alpha value is -0.570. The molecule has 3 heteroatoms. The molecule has 3 nitrogen and oxygen atoms in total. The second kappa shape index (κ2) is 6.46. The molecule has 0 spiro atoms. The molecular formula is C17H32N2O. The molecular weight excluding hydrogens is 248 g/mol. The third-order valence-corrected chi connectivity index (χ3v) is 5.00. The number of nitrogens with one attached hydrogen (secondary N) is 1. The number of hydrogen-bond donors (Lipinski definition) is 1. The Morgan fingerprint density at radius 3 is 2.40 bits per heavy atom. The Balaban J connectivity index is 1.96. The zero-order chi connectivity index (χ0) is 14.8. The number of amides is 1. The number of carbonyl (C=O) groups excluding carboxylic acids is 1. The van der Waals surface area contributed by atoms with Gasteiger partial charge in [-0.3, -0.25) is 9.69 Å². The first-order valence-corrected chi connectivity index (χ1v) is 8.45. The van der Waals surface area contributed by atoms with Gasteiger partial charge in [0, 0.05) is 30.6 Å². The van der Waals surface area contributed by atoms with E-state index in [0.717, 1.165) is 24.9 Å². The maximum Gasteiger partial charge on any atom is 0.225 e. The van der Waals surface area contributed by atoms with Gasteiger partial charge in [0.15, 0.2) is 0 Å². The molecule has 1 aliphatic carbocycles. The van der Waals surface area contributed by atoms with Gasteiger partial charge in [-0.1, -0.05) is 47.0 Å². The highest BCUT2D eigenvalue weighted by Crippen LogP contribution is 2.29. The van der Waals surface area contributed by atoms with Gasteiger partial charge in [-0.25, -0.2) is 0 Å². The SMILES string of the molecule is CCC1CC(NC(=O)C(C)(C)C)CN(C2CCCC2)C1. The Bertz CT molecular complexity index is 328. The fourth-order valence-electron chi connectivity index (χ4n) is 3.61. The molecule has 1 saturated carbocycles. The highest BCUT2D eigenvalue weighted by Gasteiger charge is 2.33. The zero-order valence-electron chi connectivity index (χ0n) is 13.7. The van der Waals surface area contributed by atoms with Gasteiger partial charge in [0.2, 0.25) is 5.91 Å². The fourth-order valence-corrected chi connectivity index (χ4v) is 3.61. The first-order chi connectivity index (χ1) is 9.40. The second-order valence-electron chi connectivity index (χ2n) is 7.82. The maximum atomic E-state index is 12.2. The molecule has 1 saturated heterocycles. The lowest BCUT2D eigenvalue weighted by molar-refractivity contribution is -0.129. The van der Waals surface area contributed by atoms with E-state index in [4.69, 9.17) is 0 Å². The number of carbonyl (C=O) groups is 1. The monoisotopic (exact) mass is 280 g/mol. The number of piperidine rings is 1. The minimum Gasteiger partial charge on any atom is -0.352 e. The van der Waals surface area contributed by atoms with Crippen LogP contribution in [0.1, 0.15) is 66.2 Å². The molecule has 2 unspecified atom stereocenters. The molecule has 2 rings (SSSR count). The van der Waals surface area contributed by atoms with E-state index in [-0.39, 0.29) is 11.3 Å². The van der Waals surface area contributed by atoms with Gasteiger partial charge in [0.05, 0.1) is 0 Å². The summed E-state index contributed by atoms with van der Waals surface area (Å²) in [7, 11) is 0. The Kier molecular flexibility index (Phi) is 5.11. The summed E-state index contributed by atoms with van der Waals surface area (Å²) in [4.78, 5) is 14.9. The summed E-state index contributed by atoms with van der Waals surface area (Å²) in [5.74, 6) is 0.945. The summed E-state index contributed by atoms with van der Waals surface area (Å²) in [6.45, 7) is 10.6. The van der Waals surface area contributed by atoms with Gasteiger partial charge in [-0.2, -0.15) is 0 Å². The first kappa shape index (κ1) is 15.8. The van der Waals surface area contributed by atoms with Crippen molar-refractivity contribution in [1.29, 1.82) is 0 Å². The molecule has 1 aliphatic heterocycles. The van der Waals surface area contributed by atoms with Crippen LogP contribution >= 0.6 is 0 Å². The van der Waals surface area contributed by atoms with E-state index in [1.165, 1.54) is 38.6 Å². The average molecular weight is 280 g/mol. The molecule has 0 radical (unpaired) electrons. The van der Waals surface area contributed by atoms with E-state index in [2.05, 4.69) is 17.1 Å². The van der Waals surface area contributed by atoms with E-state index in [1.807, 2.05) is 20.8 Å². The fraction of sp³-hybridized carbons (Fsp3) is 0.941. The summed E-state index contributed by atoms with van der Waals surface area (Å²) >= 11 is 0. The highest BCUT2D eigenvalue weighted by molar-refractivity contribution is 5.81. The zero-order valence-corrected chi connectivity index (χ0v) is 13.7. The van der Waals surface area contributed by atoms with Crippen molar-refractivity contribution in [1.82, 2.24) is 10.2 Å². The average Bonchev–Trinajstić information content (AvgIpc) is 2.91. The van der Waals surface area contributed by atoms with E-state index in [0.29, 0.717) is 6.04 Å². The molecule has 2 aliphatic rings. The third-order valence-electron chi connectivity index (χ3n) is 5.00. The number of likely N-dealkylation sites (tertiary alicyclic amines) is 1. The van der Waals surface area contributed by atoms with Crippen molar-refractivity contribution >= 4 is 5.91 Å². The Labute approximate surface area is 124 Å². The van der Waals surface area contributed by atoms with E-state index >= 15 is 0 Å². The third kappa shape index (κ3) is 3.97. The van der Waals surface area contributed by atoms with Crippen molar-refractivity contribution in [2.24, 2.45) is 11.3 Å². The number of hydrogen-bond acceptors (Lipinski definition) is 2. The normalized spacial score (nSPS) is 29.6. The largest absolute Gasteiger partial charge is 0.352 e. The van der Waals surface area contributed by atoms with Gasteiger partial charge < -0.3 is 5.32 Å². The van der Waals surface area contributed by atoms with Crippen molar-refractivity contribution < 1.29 is 4.79 Å². The molecule has 0 aromatic carbocycles. The molecule has 0 aromatic heterocycles. The van der Waals surface area contributed by atoms with Crippen molar-refractivity contribution in [3.63, 3.8) is 0 Å². The number of rotatable bonds is 3. The summed E-state index contributed by atoms with van der Waals surface area (Å²) in [5, 5.41) is 3.30. The first-order valence-electron chi connectivity index (χ1n) is 8.45. The quantitative estimate of drug-likeness (QED) is 0.861. The van der Waals surface area contributed by atoms with Gasteiger partial charge in [0.1, 0.15) is 0 Å². The molecule has 2 atom stereocenters. The lowest BCUT2D eigenvalue weighted by atomic mass is 9.89. The van der Waals surface area contributed by atoms with Crippen LogP contribution in [0, 0.1) is 11.3 Å². The van der Waals surface area contributed by atoms with Crippen LogP contribution in [0.15, 0.2) is 0 Å². The van der Waals surface area contributed by atoms with E-state index in [9.17, 15) is 4.79 Å². The Morgan fingerprint density at radius 2 is 1.85 bits per heavy atom. The lowest BCUT2D eigenvalue weighted by Gasteiger charge is -2.41. The molecule has 2 fully saturated rings. The molecule has 116 valence electrons. The molecule has 20 heavy (non-hydrogen) atoms. The topological polar surface area (TPSA) is 32.3 Å². The van der Waals surface area contributed by atoms with Crippen LogP contribution in [-0.4, -0.2) is 36.0 Å². The van der Waals surface area contributed by atoms with E-state index in [1.54, 1.807) is 0 Å². The summed E-state index contributed by atoms with van der Waals surface area (Å²) in [5.41, 5.74) is -0.280. The molecule has 0 bridgehead atoms. The minimum absolute atomic E-state index is 0.200. The summed E-state index contributed by atoms with van der Waals surface area (Å²) < 4.78 is 0. The van der Waals surface area contributed by atoms with Crippen LogP contribution in [-0.2, 0) is 4.79 Å².